The third-order valence-corrected chi connectivity index (χ3v) is 2.64. The van der Waals surface area contributed by atoms with Crippen LogP contribution in [-0.4, -0.2) is 28.9 Å². The number of nitriles is 1. The zero-order valence-corrected chi connectivity index (χ0v) is 10.9. The quantitative estimate of drug-likeness (QED) is 0.614. The number of nitrogens with two attached hydrogens (primary N) is 1. The van der Waals surface area contributed by atoms with Crippen LogP contribution in [0, 0.1) is 23.1 Å². The zero-order chi connectivity index (χ0) is 14.4. The van der Waals surface area contributed by atoms with Gasteiger partial charge < -0.3 is 10.3 Å². The Morgan fingerprint density at radius 3 is 2.95 bits per heavy atom. The van der Waals surface area contributed by atoms with Gasteiger partial charge in [0.1, 0.15) is 0 Å². The highest BCUT2D eigenvalue weighted by molar-refractivity contribution is 5.95. The van der Waals surface area contributed by atoms with Crippen LogP contribution in [-0.2, 0) is 0 Å². The molecule has 1 atom stereocenters. The van der Waals surface area contributed by atoms with Crippen LogP contribution in [0.25, 0.3) is 0 Å². The van der Waals surface area contributed by atoms with Gasteiger partial charge in [-0.2, -0.15) is 5.26 Å². The van der Waals surface area contributed by atoms with E-state index >= 15 is 0 Å². The SMILES string of the molecule is CCN(CC(C)C#N)C(=O)c1ccnc(NN)c1F. The molecule has 0 fully saturated rings. The average molecular weight is 265 g/mol. The summed E-state index contributed by atoms with van der Waals surface area (Å²) in [7, 11) is 0. The van der Waals surface area contributed by atoms with Gasteiger partial charge in [-0.25, -0.2) is 15.2 Å². The summed E-state index contributed by atoms with van der Waals surface area (Å²) < 4.78 is 13.9. The van der Waals surface area contributed by atoms with E-state index in [0.717, 1.165) is 0 Å². The first-order valence-corrected chi connectivity index (χ1v) is 5.85. The van der Waals surface area contributed by atoms with Crippen LogP contribution in [0.15, 0.2) is 12.3 Å². The van der Waals surface area contributed by atoms with Crippen LogP contribution in [0.1, 0.15) is 24.2 Å². The summed E-state index contributed by atoms with van der Waals surface area (Å²) in [4.78, 5) is 17.3. The van der Waals surface area contributed by atoms with Gasteiger partial charge in [-0.05, 0) is 19.9 Å². The lowest BCUT2D eigenvalue weighted by Crippen LogP contribution is -2.35. The lowest BCUT2D eigenvalue weighted by Gasteiger charge is -2.22. The number of carbonyl (C=O) groups is 1. The Morgan fingerprint density at radius 2 is 2.42 bits per heavy atom. The summed E-state index contributed by atoms with van der Waals surface area (Å²) >= 11 is 0. The van der Waals surface area contributed by atoms with E-state index < -0.39 is 11.7 Å². The number of amides is 1. The topological polar surface area (TPSA) is 95.0 Å². The minimum atomic E-state index is -0.793. The van der Waals surface area contributed by atoms with Crippen molar-refractivity contribution < 1.29 is 9.18 Å². The molecule has 19 heavy (non-hydrogen) atoms. The van der Waals surface area contributed by atoms with Gasteiger partial charge in [0, 0.05) is 19.3 Å². The largest absolute Gasteiger partial charge is 0.338 e. The van der Waals surface area contributed by atoms with Crippen LogP contribution in [0.4, 0.5) is 10.2 Å². The predicted octanol–water partition coefficient (Wildman–Crippen LogP) is 1.13. The molecule has 0 radical (unpaired) electrons. The van der Waals surface area contributed by atoms with Gasteiger partial charge in [-0.3, -0.25) is 4.79 Å². The smallest absolute Gasteiger partial charge is 0.257 e. The number of anilines is 1. The van der Waals surface area contributed by atoms with Crippen LogP contribution < -0.4 is 11.3 Å². The molecule has 1 aromatic heterocycles. The molecule has 6 nitrogen and oxygen atoms in total. The molecule has 0 saturated carbocycles. The van der Waals surface area contributed by atoms with E-state index in [1.807, 2.05) is 6.07 Å². The monoisotopic (exact) mass is 265 g/mol. The summed E-state index contributed by atoms with van der Waals surface area (Å²) in [5.41, 5.74) is 1.97. The first-order chi connectivity index (χ1) is 9.04. The minimum Gasteiger partial charge on any atom is -0.338 e. The second-order valence-corrected chi connectivity index (χ2v) is 4.04. The fourth-order valence-electron chi connectivity index (χ4n) is 1.61. The minimum absolute atomic E-state index is 0.116. The maximum absolute atomic E-state index is 13.9. The second-order valence-electron chi connectivity index (χ2n) is 4.04. The Bertz CT molecular complexity index is 499. The standard InChI is InChI=1S/C12H16FN5O/c1-3-18(7-8(2)6-14)12(19)9-4-5-16-11(17-15)10(9)13/h4-5,8H,3,7,15H2,1-2H3,(H,16,17). The molecule has 1 rings (SSSR count). The van der Waals surface area contributed by atoms with Crippen LogP contribution >= 0.6 is 0 Å². The number of rotatable bonds is 5. The molecule has 0 saturated heterocycles. The molecule has 3 N–H and O–H groups in total. The number of halogens is 1. The summed E-state index contributed by atoms with van der Waals surface area (Å²) in [5, 5.41) is 8.77. The van der Waals surface area contributed by atoms with Crippen molar-refractivity contribution in [1.82, 2.24) is 9.88 Å². The summed E-state index contributed by atoms with van der Waals surface area (Å²) in [5.74, 6) is 3.33. The lowest BCUT2D eigenvalue weighted by atomic mass is 10.1. The molecule has 1 aromatic rings. The first-order valence-electron chi connectivity index (χ1n) is 5.85. The molecule has 0 aliphatic heterocycles. The van der Waals surface area contributed by atoms with Crippen molar-refractivity contribution in [2.75, 3.05) is 18.5 Å². The van der Waals surface area contributed by atoms with Crippen LogP contribution in [0.5, 0.6) is 0 Å². The summed E-state index contributed by atoms with van der Waals surface area (Å²) in [6.45, 7) is 4.10. The van der Waals surface area contributed by atoms with Crippen molar-refractivity contribution in [1.29, 1.82) is 5.26 Å². The van der Waals surface area contributed by atoms with Crippen molar-refractivity contribution >= 4 is 11.7 Å². The Labute approximate surface area is 111 Å². The van der Waals surface area contributed by atoms with Gasteiger partial charge in [0.2, 0.25) is 0 Å². The lowest BCUT2D eigenvalue weighted by molar-refractivity contribution is 0.0748. The van der Waals surface area contributed by atoms with E-state index in [-0.39, 0.29) is 23.8 Å². The fourth-order valence-corrected chi connectivity index (χ4v) is 1.61. The number of nitrogen functional groups attached to an aromatic ring is 1. The van der Waals surface area contributed by atoms with E-state index in [2.05, 4.69) is 10.4 Å². The normalized spacial score (nSPS) is 11.5. The van der Waals surface area contributed by atoms with E-state index in [1.54, 1.807) is 13.8 Å². The Balaban J connectivity index is 3.01. The molecule has 7 heteroatoms. The summed E-state index contributed by atoms with van der Waals surface area (Å²) in [6.07, 6.45) is 1.30. The molecular weight excluding hydrogens is 249 g/mol. The van der Waals surface area contributed by atoms with Crippen molar-refractivity contribution in [2.24, 2.45) is 11.8 Å². The number of hydrogen-bond acceptors (Lipinski definition) is 5. The van der Waals surface area contributed by atoms with E-state index in [4.69, 9.17) is 11.1 Å². The Morgan fingerprint density at radius 1 is 1.74 bits per heavy atom. The van der Waals surface area contributed by atoms with Crippen LogP contribution in [0.2, 0.25) is 0 Å². The average Bonchev–Trinajstić information content (AvgIpc) is 2.44. The number of nitrogens with zero attached hydrogens (tertiary/aromatic N) is 3. The number of carbonyl (C=O) groups excluding carboxylic acids is 1. The van der Waals surface area contributed by atoms with Crippen molar-refractivity contribution in [2.45, 2.75) is 13.8 Å². The number of hydrogen-bond donors (Lipinski definition) is 2. The predicted molar refractivity (Wildman–Crippen MR) is 68.4 cm³/mol. The van der Waals surface area contributed by atoms with Gasteiger partial charge >= 0.3 is 0 Å². The fraction of sp³-hybridized carbons (Fsp3) is 0.417. The maximum atomic E-state index is 13.9. The van der Waals surface area contributed by atoms with Gasteiger partial charge in [0.05, 0.1) is 17.6 Å². The zero-order valence-electron chi connectivity index (χ0n) is 10.9. The maximum Gasteiger partial charge on any atom is 0.257 e. The molecular formula is C12H16FN5O. The number of hydrazine groups is 1. The molecule has 0 aliphatic rings. The van der Waals surface area contributed by atoms with E-state index in [9.17, 15) is 9.18 Å². The second kappa shape index (κ2) is 6.66. The van der Waals surface area contributed by atoms with Gasteiger partial charge in [0.25, 0.3) is 5.91 Å². The third kappa shape index (κ3) is 3.39. The van der Waals surface area contributed by atoms with Crippen molar-refractivity contribution in [3.05, 3.63) is 23.6 Å². The van der Waals surface area contributed by atoms with Gasteiger partial charge in [0.15, 0.2) is 11.6 Å². The first kappa shape index (κ1) is 14.9. The van der Waals surface area contributed by atoms with E-state index in [1.165, 1.54) is 17.2 Å². The number of nitrogens with one attached hydrogen (secondary N) is 1. The van der Waals surface area contributed by atoms with Crippen LogP contribution in [0.3, 0.4) is 0 Å². The number of aromatic nitrogens is 1. The third-order valence-electron chi connectivity index (χ3n) is 2.64. The summed E-state index contributed by atoms with van der Waals surface area (Å²) in [6, 6.07) is 3.33. The highest BCUT2D eigenvalue weighted by Crippen LogP contribution is 2.16. The molecule has 0 aliphatic carbocycles. The van der Waals surface area contributed by atoms with Gasteiger partial charge in [-0.1, -0.05) is 0 Å². The molecule has 0 spiro atoms. The van der Waals surface area contributed by atoms with Gasteiger partial charge in [-0.15, -0.1) is 0 Å². The Kier molecular flexibility index (Phi) is 5.21. The molecule has 0 aromatic carbocycles. The van der Waals surface area contributed by atoms with E-state index in [0.29, 0.717) is 6.54 Å². The Hall–Kier alpha value is -2.20. The highest BCUT2D eigenvalue weighted by atomic mass is 19.1. The van der Waals surface area contributed by atoms with Crippen molar-refractivity contribution in [3.63, 3.8) is 0 Å². The number of pyridine rings is 1. The van der Waals surface area contributed by atoms with Crippen molar-refractivity contribution in [3.8, 4) is 6.07 Å². The molecule has 1 amide bonds. The molecule has 1 heterocycles. The molecule has 102 valence electrons. The molecule has 1 unspecified atom stereocenters. The molecule has 0 bridgehead atoms. The highest BCUT2D eigenvalue weighted by Gasteiger charge is 2.21.